The number of halogens is 2. The van der Waals surface area contributed by atoms with E-state index < -0.39 is 0 Å². The normalized spacial score (nSPS) is 15.0. The first-order valence-corrected chi connectivity index (χ1v) is 8.51. The van der Waals surface area contributed by atoms with Crippen LogP contribution in [0.4, 0.5) is 5.88 Å². The van der Waals surface area contributed by atoms with Crippen LogP contribution in [0, 0.1) is 0 Å². The molecule has 0 saturated carbocycles. The summed E-state index contributed by atoms with van der Waals surface area (Å²) in [5.41, 5.74) is 2.93. The molecule has 6 nitrogen and oxygen atoms in total. The molecule has 24 heavy (non-hydrogen) atoms. The van der Waals surface area contributed by atoms with E-state index in [9.17, 15) is 4.79 Å². The summed E-state index contributed by atoms with van der Waals surface area (Å²) in [6, 6.07) is 8.38. The number of nitrogens with one attached hydrogen (secondary N) is 1. The molecular formula is C16H15BrClN3O3. The van der Waals surface area contributed by atoms with Crippen molar-refractivity contribution in [3.8, 4) is 0 Å². The van der Waals surface area contributed by atoms with Gasteiger partial charge in [-0.15, -0.1) is 0 Å². The maximum absolute atomic E-state index is 11.9. The number of amides is 1. The molecule has 0 spiro atoms. The Morgan fingerprint density at radius 3 is 2.71 bits per heavy atom. The summed E-state index contributed by atoms with van der Waals surface area (Å²) in [6.45, 7) is 2.90. The van der Waals surface area contributed by atoms with Gasteiger partial charge in [-0.3, -0.25) is 4.79 Å². The van der Waals surface area contributed by atoms with Gasteiger partial charge in [0.05, 0.1) is 23.9 Å². The van der Waals surface area contributed by atoms with Crippen LogP contribution in [-0.2, 0) is 4.74 Å². The summed E-state index contributed by atoms with van der Waals surface area (Å²) in [5, 5.41) is 4.50. The van der Waals surface area contributed by atoms with Crippen molar-refractivity contribution in [3.05, 3.63) is 51.2 Å². The van der Waals surface area contributed by atoms with Gasteiger partial charge in [0.25, 0.3) is 5.91 Å². The first-order chi connectivity index (χ1) is 11.6. The molecule has 1 aliphatic heterocycles. The molecule has 1 saturated heterocycles. The van der Waals surface area contributed by atoms with E-state index in [0.717, 1.165) is 23.4 Å². The van der Waals surface area contributed by atoms with Crippen LogP contribution in [0.3, 0.4) is 0 Å². The lowest BCUT2D eigenvalue weighted by Crippen LogP contribution is -2.36. The third-order valence-corrected chi connectivity index (χ3v) is 4.27. The van der Waals surface area contributed by atoms with Crippen molar-refractivity contribution in [2.45, 2.75) is 0 Å². The molecule has 0 bridgehead atoms. The Bertz CT molecular complexity index is 740. The molecular weight excluding hydrogens is 398 g/mol. The highest BCUT2D eigenvalue weighted by molar-refractivity contribution is 9.10. The zero-order valence-electron chi connectivity index (χ0n) is 12.7. The van der Waals surface area contributed by atoms with Crippen molar-refractivity contribution in [2.24, 2.45) is 5.10 Å². The van der Waals surface area contributed by atoms with Crippen LogP contribution < -0.4 is 10.3 Å². The molecule has 1 aliphatic rings. The van der Waals surface area contributed by atoms with Crippen LogP contribution in [0.2, 0.25) is 5.02 Å². The Hall–Kier alpha value is -1.83. The monoisotopic (exact) mass is 411 g/mol. The van der Waals surface area contributed by atoms with Gasteiger partial charge < -0.3 is 14.1 Å². The predicted octanol–water partition coefficient (Wildman–Crippen LogP) is 3.30. The van der Waals surface area contributed by atoms with Gasteiger partial charge in [-0.25, -0.2) is 5.43 Å². The summed E-state index contributed by atoms with van der Waals surface area (Å²) in [6.07, 6.45) is 1.46. The van der Waals surface area contributed by atoms with E-state index in [-0.39, 0.29) is 5.91 Å². The number of hydrogen-bond donors (Lipinski definition) is 1. The summed E-state index contributed by atoms with van der Waals surface area (Å²) < 4.78 is 11.9. The molecule has 1 amide bonds. The molecule has 0 aliphatic carbocycles. The molecule has 8 heteroatoms. The fourth-order valence-electron chi connectivity index (χ4n) is 2.24. The first-order valence-electron chi connectivity index (χ1n) is 7.34. The van der Waals surface area contributed by atoms with Gasteiger partial charge >= 0.3 is 0 Å². The number of carbonyl (C=O) groups excluding carboxylic acids is 1. The lowest BCUT2D eigenvalue weighted by molar-refractivity contribution is 0.0955. The lowest BCUT2D eigenvalue weighted by Gasteiger charge is -2.26. The van der Waals surface area contributed by atoms with Crippen LogP contribution in [0.1, 0.15) is 16.1 Å². The number of ether oxygens (including phenoxy) is 1. The highest BCUT2D eigenvalue weighted by Gasteiger charge is 2.18. The summed E-state index contributed by atoms with van der Waals surface area (Å²) >= 11 is 9.27. The van der Waals surface area contributed by atoms with Crippen LogP contribution >= 0.6 is 27.5 Å². The second-order valence-corrected chi connectivity index (χ2v) is 6.40. The van der Waals surface area contributed by atoms with E-state index in [1.807, 2.05) is 6.07 Å². The average molecular weight is 413 g/mol. The molecule has 1 N–H and O–H groups in total. The number of furan rings is 1. The molecule has 2 heterocycles. The van der Waals surface area contributed by atoms with E-state index in [1.165, 1.54) is 6.21 Å². The Kier molecular flexibility index (Phi) is 5.55. The van der Waals surface area contributed by atoms with Crippen molar-refractivity contribution < 1.29 is 13.9 Å². The molecule has 1 aromatic heterocycles. The zero-order valence-corrected chi connectivity index (χ0v) is 15.0. The van der Waals surface area contributed by atoms with Crippen molar-refractivity contribution in [2.75, 3.05) is 31.2 Å². The number of nitrogens with zero attached hydrogens (tertiary/aromatic N) is 2. The van der Waals surface area contributed by atoms with E-state index in [4.69, 9.17) is 20.8 Å². The second kappa shape index (κ2) is 7.83. The topological polar surface area (TPSA) is 67.1 Å². The molecule has 1 fully saturated rings. The maximum Gasteiger partial charge on any atom is 0.271 e. The number of rotatable bonds is 4. The average Bonchev–Trinajstić information content (AvgIpc) is 2.97. The van der Waals surface area contributed by atoms with E-state index in [1.54, 1.807) is 24.3 Å². The van der Waals surface area contributed by atoms with Crippen molar-refractivity contribution >= 4 is 45.5 Å². The van der Waals surface area contributed by atoms with Gasteiger partial charge in [-0.05, 0) is 40.2 Å². The lowest BCUT2D eigenvalue weighted by atomic mass is 10.2. The zero-order chi connectivity index (χ0) is 16.9. The van der Waals surface area contributed by atoms with Gasteiger partial charge in [-0.1, -0.05) is 11.6 Å². The van der Waals surface area contributed by atoms with E-state index >= 15 is 0 Å². The molecule has 2 aromatic rings. The number of carbonyl (C=O) groups is 1. The Morgan fingerprint density at radius 1 is 1.29 bits per heavy atom. The fourth-order valence-corrected chi connectivity index (χ4v) is 2.93. The third-order valence-electron chi connectivity index (χ3n) is 3.45. The quantitative estimate of drug-likeness (QED) is 0.618. The number of anilines is 1. The smallest absolute Gasteiger partial charge is 0.271 e. The van der Waals surface area contributed by atoms with Gasteiger partial charge in [-0.2, -0.15) is 5.10 Å². The highest BCUT2D eigenvalue weighted by Crippen LogP contribution is 2.30. The Morgan fingerprint density at radius 2 is 2.00 bits per heavy atom. The van der Waals surface area contributed by atoms with E-state index in [0.29, 0.717) is 29.6 Å². The SMILES string of the molecule is O=C(N/N=C\c1cc(Br)c(N2CCOCC2)o1)c1ccc(Cl)cc1. The Balaban J connectivity index is 1.62. The summed E-state index contributed by atoms with van der Waals surface area (Å²) in [4.78, 5) is 14.0. The van der Waals surface area contributed by atoms with Crippen LogP contribution in [-0.4, -0.2) is 38.4 Å². The van der Waals surface area contributed by atoms with Gasteiger partial charge in [0.1, 0.15) is 0 Å². The molecule has 0 radical (unpaired) electrons. The molecule has 1 aromatic carbocycles. The van der Waals surface area contributed by atoms with Gasteiger partial charge in [0.2, 0.25) is 5.88 Å². The third kappa shape index (κ3) is 4.17. The second-order valence-electron chi connectivity index (χ2n) is 5.11. The molecule has 0 atom stereocenters. The van der Waals surface area contributed by atoms with Gasteiger partial charge in [0, 0.05) is 29.7 Å². The fraction of sp³-hybridized carbons (Fsp3) is 0.250. The number of hydrazone groups is 1. The van der Waals surface area contributed by atoms with E-state index in [2.05, 4.69) is 31.4 Å². The Labute approximate surface area is 152 Å². The first kappa shape index (κ1) is 17.0. The number of morpholine rings is 1. The largest absolute Gasteiger partial charge is 0.438 e. The van der Waals surface area contributed by atoms with Crippen LogP contribution in [0.25, 0.3) is 0 Å². The minimum absolute atomic E-state index is 0.318. The number of hydrogen-bond acceptors (Lipinski definition) is 5. The minimum Gasteiger partial charge on any atom is -0.438 e. The predicted molar refractivity (Wildman–Crippen MR) is 96.0 cm³/mol. The standard InChI is InChI=1S/C16H15BrClN3O3/c17-14-9-13(24-16(14)21-5-7-23-8-6-21)10-19-20-15(22)11-1-3-12(18)4-2-11/h1-4,9-10H,5-8H2,(H,20,22)/b19-10-. The van der Waals surface area contributed by atoms with Crippen LogP contribution in [0.5, 0.6) is 0 Å². The van der Waals surface area contributed by atoms with Crippen molar-refractivity contribution in [3.63, 3.8) is 0 Å². The van der Waals surface area contributed by atoms with Gasteiger partial charge in [0.15, 0.2) is 5.76 Å². The number of benzene rings is 1. The highest BCUT2D eigenvalue weighted by atomic mass is 79.9. The summed E-state index contributed by atoms with van der Waals surface area (Å²) in [7, 11) is 0. The van der Waals surface area contributed by atoms with Crippen molar-refractivity contribution in [1.29, 1.82) is 0 Å². The molecule has 126 valence electrons. The summed E-state index contributed by atoms with van der Waals surface area (Å²) in [5.74, 6) is 0.963. The van der Waals surface area contributed by atoms with Crippen molar-refractivity contribution in [1.82, 2.24) is 5.43 Å². The molecule has 0 unspecified atom stereocenters. The molecule has 3 rings (SSSR count). The van der Waals surface area contributed by atoms with Crippen LogP contribution in [0.15, 0.2) is 44.3 Å². The maximum atomic E-state index is 11.9. The minimum atomic E-state index is -0.318.